The molecule has 88 valence electrons. The summed E-state index contributed by atoms with van der Waals surface area (Å²) in [6, 6.07) is 6.65. The number of anilines is 1. The number of furan rings is 1. The van der Waals surface area contributed by atoms with Crippen LogP contribution in [0.5, 0.6) is 0 Å². The van der Waals surface area contributed by atoms with E-state index in [0.717, 1.165) is 4.47 Å². The van der Waals surface area contributed by atoms with Gasteiger partial charge in [-0.2, -0.15) is 0 Å². The molecular formula is C11H6BrCl2NO2. The Balaban J connectivity index is 2.22. The topological polar surface area (TPSA) is 42.2 Å². The summed E-state index contributed by atoms with van der Waals surface area (Å²) < 4.78 is 5.67. The van der Waals surface area contributed by atoms with E-state index < -0.39 is 0 Å². The number of carbonyl (C=O) groups excluding carboxylic acids is 1. The van der Waals surface area contributed by atoms with Crippen LogP contribution in [0.3, 0.4) is 0 Å². The molecule has 1 N–H and O–H groups in total. The number of hydrogen-bond acceptors (Lipinski definition) is 2. The standard InChI is InChI=1S/C11H6BrCl2NO2/c12-6-1-2-9(8(13)5-6)15-11(16)7-3-4-17-10(7)14/h1-5H,(H,15,16). The molecule has 0 aliphatic rings. The maximum atomic E-state index is 11.8. The Morgan fingerprint density at radius 2 is 2.06 bits per heavy atom. The Labute approximate surface area is 116 Å². The fraction of sp³-hybridized carbons (Fsp3) is 0. The second-order valence-electron chi connectivity index (χ2n) is 3.19. The molecule has 0 saturated heterocycles. The Morgan fingerprint density at radius 3 is 2.65 bits per heavy atom. The number of amides is 1. The van der Waals surface area contributed by atoms with Gasteiger partial charge < -0.3 is 9.73 Å². The second kappa shape index (κ2) is 5.12. The van der Waals surface area contributed by atoms with Crippen molar-refractivity contribution in [1.82, 2.24) is 0 Å². The highest BCUT2D eigenvalue weighted by Gasteiger charge is 2.14. The molecule has 0 fully saturated rings. The first-order valence-electron chi connectivity index (χ1n) is 4.57. The summed E-state index contributed by atoms with van der Waals surface area (Å²) in [5.74, 6) is -0.368. The van der Waals surface area contributed by atoms with Gasteiger partial charge in [0.1, 0.15) is 0 Å². The van der Waals surface area contributed by atoms with Crippen LogP contribution in [0.4, 0.5) is 5.69 Å². The number of hydrogen-bond donors (Lipinski definition) is 1. The van der Waals surface area contributed by atoms with Crippen molar-refractivity contribution >= 4 is 50.7 Å². The molecule has 0 radical (unpaired) electrons. The Bertz CT molecular complexity index is 568. The fourth-order valence-corrected chi connectivity index (χ4v) is 2.16. The van der Waals surface area contributed by atoms with E-state index in [4.69, 9.17) is 27.6 Å². The minimum atomic E-state index is -0.368. The summed E-state index contributed by atoms with van der Waals surface area (Å²) in [6.45, 7) is 0. The van der Waals surface area contributed by atoms with Crippen LogP contribution in [0.2, 0.25) is 10.2 Å². The number of benzene rings is 1. The Kier molecular flexibility index (Phi) is 3.76. The van der Waals surface area contributed by atoms with Gasteiger partial charge in [0, 0.05) is 4.47 Å². The smallest absolute Gasteiger partial charge is 0.260 e. The third-order valence-corrected chi connectivity index (χ3v) is 3.14. The molecule has 17 heavy (non-hydrogen) atoms. The van der Waals surface area contributed by atoms with Gasteiger partial charge in [-0.15, -0.1) is 0 Å². The van der Waals surface area contributed by atoms with Crippen molar-refractivity contribution in [3.63, 3.8) is 0 Å². The van der Waals surface area contributed by atoms with Crippen molar-refractivity contribution in [2.24, 2.45) is 0 Å². The van der Waals surface area contributed by atoms with Gasteiger partial charge in [-0.05, 0) is 35.9 Å². The molecule has 1 aromatic carbocycles. The maximum absolute atomic E-state index is 11.8. The lowest BCUT2D eigenvalue weighted by Gasteiger charge is -2.06. The summed E-state index contributed by atoms with van der Waals surface area (Å²) in [5.41, 5.74) is 0.780. The fourth-order valence-electron chi connectivity index (χ4n) is 1.24. The molecule has 0 aliphatic carbocycles. The SMILES string of the molecule is O=C(Nc1ccc(Br)cc1Cl)c1ccoc1Cl. The van der Waals surface area contributed by atoms with Crippen LogP contribution in [-0.4, -0.2) is 5.91 Å². The van der Waals surface area contributed by atoms with Crippen LogP contribution in [0, 0.1) is 0 Å². The minimum absolute atomic E-state index is 0.0516. The number of rotatable bonds is 2. The summed E-state index contributed by atoms with van der Waals surface area (Å²) in [7, 11) is 0. The highest BCUT2D eigenvalue weighted by Crippen LogP contribution is 2.27. The monoisotopic (exact) mass is 333 g/mol. The van der Waals surface area contributed by atoms with Gasteiger partial charge in [0.05, 0.1) is 22.5 Å². The molecule has 3 nitrogen and oxygen atoms in total. The molecule has 2 rings (SSSR count). The van der Waals surface area contributed by atoms with E-state index in [1.165, 1.54) is 12.3 Å². The molecule has 0 aliphatic heterocycles. The molecule has 1 aromatic heterocycles. The molecule has 0 atom stereocenters. The van der Waals surface area contributed by atoms with Gasteiger partial charge in [-0.1, -0.05) is 27.5 Å². The zero-order chi connectivity index (χ0) is 12.4. The van der Waals surface area contributed by atoms with E-state index in [1.54, 1.807) is 18.2 Å². The molecule has 6 heteroatoms. The third-order valence-electron chi connectivity index (χ3n) is 2.04. The molecule has 0 spiro atoms. The lowest BCUT2D eigenvalue weighted by molar-refractivity contribution is 0.102. The molecule has 2 aromatic rings. The molecule has 0 unspecified atom stereocenters. The van der Waals surface area contributed by atoms with E-state index >= 15 is 0 Å². The van der Waals surface area contributed by atoms with E-state index in [1.807, 2.05) is 0 Å². The largest absolute Gasteiger partial charge is 0.452 e. The van der Waals surface area contributed by atoms with Crippen molar-refractivity contribution in [3.05, 3.63) is 50.8 Å². The van der Waals surface area contributed by atoms with Crippen LogP contribution in [0.15, 0.2) is 39.4 Å². The number of halogens is 3. The van der Waals surface area contributed by atoms with E-state index in [-0.39, 0.29) is 16.7 Å². The summed E-state index contributed by atoms with van der Waals surface area (Å²) in [5, 5.41) is 3.13. The predicted molar refractivity (Wildman–Crippen MR) is 70.8 cm³/mol. The van der Waals surface area contributed by atoms with Crippen LogP contribution < -0.4 is 5.32 Å². The van der Waals surface area contributed by atoms with Crippen LogP contribution >= 0.6 is 39.1 Å². The molecule has 0 bridgehead atoms. The van der Waals surface area contributed by atoms with E-state index in [0.29, 0.717) is 10.7 Å². The van der Waals surface area contributed by atoms with Crippen molar-refractivity contribution in [3.8, 4) is 0 Å². The summed E-state index contributed by atoms with van der Waals surface area (Å²) in [6.07, 6.45) is 1.35. The average molecular weight is 335 g/mol. The van der Waals surface area contributed by atoms with Gasteiger partial charge in [-0.3, -0.25) is 4.79 Å². The second-order valence-corrected chi connectivity index (χ2v) is 4.85. The van der Waals surface area contributed by atoms with E-state index in [9.17, 15) is 4.79 Å². The number of carbonyl (C=O) groups is 1. The maximum Gasteiger partial charge on any atom is 0.260 e. The van der Waals surface area contributed by atoms with Gasteiger partial charge in [-0.25, -0.2) is 0 Å². The first-order valence-corrected chi connectivity index (χ1v) is 6.12. The van der Waals surface area contributed by atoms with Gasteiger partial charge >= 0.3 is 0 Å². The Morgan fingerprint density at radius 1 is 1.29 bits per heavy atom. The molecular weight excluding hydrogens is 329 g/mol. The summed E-state index contributed by atoms with van der Waals surface area (Å²) in [4.78, 5) is 11.8. The highest BCUT2D eigenvalue weighted by atomic mass is 79.9. The quantitative estimate of drug-likeness (QED) is 0.872. The Hall–Kier alpha value is -0.970. The minimum Gasteiger partial charge on any atom is -0.452 e. The first-order chi connectivity index (χ1) is 8.08. The lowest BCUT2D eigenvalue weighted by Crippen LogP contribution is -2.11. The average Bonchev–Trinajstić information content (AvgIpc) is 2.68. The normalized spacial score (nSPS) is 10.3. The van der Waals surface area contributed by atoms with Crippen molar-refractivity contribution < 1.29 is 9.21 Å². The van der Waals surface area contributed by atoms with Gasteiger partial charge in [0.2, 0.25) is 5.22 Å². The van der Waals surface area contributed by atoms with Crippen molar-refractivity contribution in [2.45, 2.75) is 0 Å². The zero-order valence-corrected chi connectivity index (χ0v) is 11.4. The highest BCUT2D eigenvalue weighted by molar-refractivity contribution is 9.10. The first kappa shape index (κ1) is 12.5. The summed E-state index contributed by atoms with van der Waals surface area (Å²) >= 11 is 15.0. The zero-order valence-electron chi connectivity index (χ0n) is 8.34. The van der Waals surface area contributed by atoms with Crippen molar-refractivity contribution in [2.75, 3.05) is 5.32 Å². The molecule has 1 amide bonds. The molecule has 1 heterocycles. The van der Waals surface area contributed by atoms with Crippen LogP contribution in [0.25, 0.3) is 0 Å². The van der Waals surface area contributed by atoms with Crippen molar-refractivity contribution in [1.29, 1.82) is 0 Å². The predicted octanol–water partition coefficient (Wildman–Crippen LogP) is 4.60. The van der Waals surface area contributed by atoms with Gasteiger partial charge in [0.15, 0.2) is 0 Å². The lowest BCUT2D eigenvalue weighted by atomic mass is 10.3. The van der Waals surface area contributed by atoms with E-state index in [2.05, 4.69) is 21.2 Å². The van der Waals surface area contributed by atoms with Crippen LogP contribution in [-0.2, 0) is 0 Å². The van der Waals surface area contributed by atoms with Gasteiger partial charge in [0.25, 0.3) is 5.91 Å². The van der Waals surface area contributed by atoms with Crippen LogP contribution in [0.1, 0.15) is 10.4 Å². The number of nitrogens with one attached hydrogen (secondary N) is 1. The molecule has 0 saturated carbocycles. The third kappa shape index (κ3) is 2.83.